The third-order valence-electron chi connectivity index (χ3n) is 16.1. The predicted molar refractivity (Wildman–Crippen MR) is 367 cm³/mol. The number of hydrogen-bond acceptors (Lipinski definition) is 19. The molecule has 0 unspecified atom stereocenters. The second kappa shape index (κ2) is 37.0. The van der Waals surface area contributed by atoms with Crippen LogP contribution in [0.4, 0.5) is 0 Å². The van der Waals surface area contributed by atoms with Gasteiger partial charge in [-0.2, -0.15) is 0 Å². The standard InChI is InChI=1S/C67H85N21O14/c1-36(2)24-56(66(102)76-47(14-9-23-73-67(71)72)60(96)78-49(59(70)95)26-39-15-19-43(91)20-16-39)88-33-42(83-86-88)32-87-34-54(84-85-87)48(25-38-10-5-4-6-11-38)77-65(101)55(35-89)82-64(100)53(30-58(69)94)81-62(98)51(28-41-31-74-46-13-8-7-12-45(41)46)79-63(99)52(29-57(68)93)80-61(97)50(75-37(3)90)27-40-17-21-44(92)22-18-40/h4-8,10-13,15-22,31,33-34,36,47-53,55-56,74,89,91-92H,9,14,23-30,32,35H2,1-3H3,(H2,68,93)(H2,69,94)(H2,70,95)(H,75,90)(H,76,102)(H,77,101)(H,78,96)(H,79,99)(H,80,97)(H,81,98)(H,82,100)(H4,71,72,73)/t47-,48-,49-,50-,51-,52-,53-,55-,56-/m0/s1. The number of nitrogens with zero attached hydrogens (tertiary/aromatic N) is 6. The first-order valence-corrected chi connectivity index (χ1v) is 32.5. The minimum absolute atomic E-state index is 0.00628. The van der Waals surface area contributed by atoms with Gasteiger partial charge in [0.1, 0.15) is 71.2 Å². The van der Waals surface area contributed by atoms with Crippen molar-refractivity contribution in [2.45, 2.75) is 139 Å². The minimum Gasteiger partial charge on any atom is -0.508 e. The van der Waals surface area contributed by atoms with Gasteiger partial charge in [0.15, 0.2) is 5.96 Å². The van der Waals surface area contributed by atoms with Gasteiger partial charge < -0.3 is 91.1 Å². The first-order valence-electron chi connectivity index (χ1n) is 32.5. The van der Waals surface area contributed by atoms with Crippen LogP contribution in [0.15, 0.2) is 122 Å². The van der Waals surface area contributed by atoms with Gasteiger partial charge >= 0.3 is 0 Å². The number of hydrogen-bond donors (Lipinski definition) is 18. The van der Waals surface area contributed by atoms with E-state index in [1.807, 2.05) is 13.8 Å². The highest BCUT2D eigenvalue weighted by Crippen LogP contribution is 2.23. The normalized spacial score (nSPS) is 13.8. The predicted octanol–water partition coefficient (Wildman–Crippen LogP) is -2.57. The zero-order valence-electron chi connectivity index (χ0n) is 56.1. The number of rotatable bonds is 39. The third kappa shape index (κ3) is 23.7. The summed E-state index contributed by atoms with van der Waals surface area (Å²) >= 11 is 0. The second-order valence-electron chi connectivity index (χ2n) is 24.8. The molecule has 4 aromatic carbocycles. The number of aliphatic hydroxyl groups excluding tert-OH is 1. The molecule has 0 bridgehead atoms. The van der Waals surface area contributed by atoms with Crippen LogP contribution in [0.5, 0.6) is 11.5 Å². The van der Waals surface area contributed by atoms with E-state index in [0.717, 1.165) is 6.92 Å². The molecule has 0 saturated heterocycles. The molecule has 7 aromatic rings. The fourth-order valence-corrected chi connectivity index (χ4v) is 11.0. The highest BCUT2D eigenvalue weighted by Gasteiger charge is 2.36. The molecule has 542 valence electrons. The van der Waals surface area contributed by atoms with Crippen molar-refractivity contribution in [3.8, 4) is 11.5 Å². The third-order valence-corrected chi connectivity index (χ3v) is 16.1. The van der Waals surface area contributed by atoms with Gasteiger partial charge in [-0.25, -0.2) is 9.36 Å². The van der Waals surface area contributed by atoms with Crippen molar-refractivity contribution in [3.05, 3.63) is 155 Å². The van der Waals surface area contributed by atoms with Gasteiger partial charge in [0.05, 0.1) is 44.4 Å². The van der Waals surface area contributed by atoms with Crippen LogP contribution in [0, 0.1) is 11.3 Å². The summed E-state index contributed by atoms with van der Waals surface area (Å²) in [4.78, 5) is 153. The molecular formula is C67H85N21O14. The van der Waals surface area contributed by atoms with E-state index in [1.54, 1.807) is 72.9 Å². The number of H-pyrrole nitrogens is 1. The van der Waals surface area contributed by atoms with E-state index in [9.17, 15) is 68.1 Å². The molecule has 0 saturated carbocycles. The Morgan fingerprint density at radius 3 is 1.63 bits per heavy atom. The Bertz CT molecular complexity index is 4090. The molecule has 3 aromatic heterocycles. The number of nitrogens with one attached hydrogen (secondary N) is 11. The van der Waals surface area contributed by atoms with E-state index >= 15 is 0 Å². The Labute approximate surface area is 584 Å². The number of aromatic hydroxyl groups is 2. The first-order chi connectivity index (χ1) is 48.6. The Kier molecular flexibility index (Phi) is 28.0. The van der Waals surface area contributed by atoms with Crippen LogP contribution in [0.3, 0.4) is 0 Å². The number of para-hydroxylation sites is 1. The number of carbonyl (C=O) groups is 11. The summed E-state index contributed by atoms with van der Waals surface area (Å²) in [5, 5.41) is 78.8. The van der Waals surface area contributed by atoms with Crippen molar-refractivity contribution in [2.75, 3.05) is 13.2 Å². The number of carbonyl (C=O) groups excluding carboxylic acids is 11. The Balaban J connectivity index is 1.07. The molecular weight excluding hydrogens is 1320 g/mol. The maximum Gasteiger partial charge on any atom is 0.245 e. The van der Waals surface area contributed by atoms with Crippen LogP contribution >= 0.6 is 0 Å². The molecule has 0 aliphatic heterocycles. The number of phenols is 2. The molecule has 0 aliphatic rings. The molecule has 0 spiro atoms. The van der Waals surface area contributed by atoms with E-state index in [1.165, 1.54) is 58.2 Å². The zero-order chi connectivity index (χ0) is 74.2. The number of primary amides is 3. The zero-order valence-corrected chi connectivity index (χ0v) is 56.1. The van der Waals surface area contributed by atoms with Crippen molar-refractivity contribution in [3.63, 3.8) is 0 Å². The molecule has 9 atom stereocenters. The number of aromatic amines is 1. The quantitative estimate of drug-likeness (QED) is 0.0107. The Morgan fingerprint density at radius 1 is 0.549 bits per heavy atom. The van der Waals surface area contributed by atoms with Gasteiger partial charge in [0.2, 0.25) is 65.0 Å². The number of benzene rings is 4. The molecule has 0 radical (unpaired) electrons. The summed E-state index contributed by atoms with van der Waals surface area (Å²) in [5.74, 6) is -10.7. The van der Waals surface area contributed by atoms with Gasteiger partial charge in [-0.3, -0.25) is 58.1 Å². The fourth-order valence-electron chi connectivity index (χ4n) is 11.0. The largest absolute Gasteiger partial charge is 0.508 e. The van der Waals surface area contributed by atoms with Crippen LogP contribution in [0.2, 0.25) is 0 Å². The number of amides is 11. The SMILES string of the molecule is CC(=O)N[C@@H](Cc1ccc(O)cc1)C(=O)N[C@@H](CC(N)=O)C(=O)N[C@@H](Cc1c[nH]c2ccccc12)C(=O)N[C@@H](CC(N)=O)C(=O)N[C@@H](CO)C(=O)N[C@@H](Cc1ccccc1)c1cn(Cc2cn([C@@H](CC(C)C)C(=O)N[C@@H](CCCNC(=N)N)C(=O)N[C@@H](Cc3ccc(O)cc3)C(N)=O)nn2)nn1. The van der Waals surface area contributed by atoms with E-state index in [-0.39, 0.29) is 87.1 Å². The van der Waals surface area contributed by atoms with Crippen LogP contribution in [0.25, 0.3) is 10.9 Å². The van der Waals surface area contributed by atoms with Crippen LogP contribution < -0.4 is 70.8 Å². The van der Waals surface area contributed by atoms with Gasteiger partial charge in [-0.05, 0) is 84.2 Å². The minimum atomic E-state index is -1.87. The van der Waals surface area contributed by atoms with Crippen molar-refractivity contribution in [1.29, 1.82) is 5.41 Å². The molecule has 35 heteroatoms. The molecule has 7 rings (SSSR count). The van der Waals surface area contributed by atoms with Gasteiger partial charge in [-0.1, -0.05) is 97.1 Å². The number of aliphatic hydroxyl groups is 1. The Hall–Kier alpha value is -12.3. The van der Waals surface area contributed by atoms with Crippen molar-refractivity contribution >= 4 is 81.8 Å². The molecule has 35 nitrogen and oxygen atoms in total. The van der Waals surface area contributed by atoms with Crippen molar-refractivity contribution in [1.82, 2.24) is 82.8 Å². The first kappa shape index (κ1) is 77.1. The number of phenolic OH excluding ortho intramolecular Hbond substituents is 2. The smallest absolute Gasteiger partial charge is 0.245 e. The molecule has 22 N–H and O–H groups in total. The van der Waals surface area contributed by atoms with Gasteiger partial charge in [-0.15, -0.1) is 10.2 Å². The molecule has 3 heterocycles. The summed E-state index contributed by atoms with van der Waals surface area (Å²) in [6.07, 6.45) is 3.04. The lowest BCUT2D eigenvalue weighted by Crippen LogP contribution is -2.60. The van der Waals surface area contributed by atoms with Crippen molar-refractivity contribution < 1.29 is 68.1 Å². The summed E-state index contributed by atoms with van der Waals surface area (Å²) in [6.45, 7) is 3.97. The molecule has 11 amide bonds. The van der Waals surface area contributed by atoms with Gasteiger partial charge in [0.25, 0.3) is 0 Å². The molecule has 0 fully saturated rings. The molecule has 102 heavy (non-hydrogen) atoms. The number of nitrogens with two attached hydrogens (primary N) is 4. The maximum atomic E-state index is 14.6. The van der Waals surface area contributed by atoms with Gasteiger partial charge in [0, 0.05) is 49.8 Å². The summed E-state index contributed by atoms with van der Waals surface area (Å²) in [5.41, 5.74) is 25.7. The summed E-state index contributed by atoms with van der Waals surface area (Å²) in [6, 6.07) is 14.7. The monoisotopic (exact) mass is 1410 g/mol. The van der Waals surface area contributed by atoms with E-state index < -0.39 is 139 Å². The van der Waals surface area contributed by atoms with Crippen molar-refractivity contribution in [2.24, 2.45) is 28.9 Å². The van der Waals surface area contributed by atoms with Crippen LogP contribution in [-0.2, 0) is 85.0 Å². The lowest BCUT2D eigenvalue weighted by Gasteiger charge is -2.27. The maximum absolute atomic E-state index is 14.6. The average molecular weight is 1410 g/mol. The lowest BCUT2D eigenvalue weighted by molar-refractivity contribution is -0.136. The number of aromatic nitrogens is 7. The topological polar surface area (TPSA) is 562 Å². The summed E-state index contributed by atoms with van der Waals surface area (Å²) in [7, 11) is 0. The number of guanidine groups is 1. The highest BCUT2D eigenvalue weighted by molar-refractivity contribution is 5.99. The fraction of sp³-hybridized carbons (Fsp3) is 0.373. The lowest BCUT2D eigenvalue weighted by atomic mass is 10.0. The Morgan fingerprint density at radius 2 is 1.06 bits per heavy atom. The number of fused-ring (bicyclic) bond motifs is 1. The second-order valence-corrected chi connectivity index (χ2v) is 24.8. The molecule has 0 aliphatic carbocycles. The van der Waals surface area contributed by atoms with E-state index in [0.29, 0.717) is 38.9 Å². The van der Waals surface area contributed by atoms with Crippen LogP contribution in [-0.4, -0.2) is 177 Å². The van der Waals surface area contributed by atoms with E-state index in [2.05, 4.69) is 73.5 Å². The van der Waals surface area contributed by atoms with Crippen LogP contribution in [0.1, 0.15) is 98.6 Å². The summed E-state index contributed by atoms with van der Waals surface area (Å²) < 4.78 is 2.71. The highest BCUT2D eigenvalue weighted by atomic mass is 16.3. The average Bonchev–Trinajstić information content (AvgIpc) is 1.65. The van der Waals surface area contributed by atoms with E-state index in [4.69, 9.17) is 28.3 Å².